The van der Waals surface area contributed by atoms with Crippen molar-refractivity contribution in [1.82, 2.24) is 9.97 Å². The van der Waals surface area contributed by atoms with Crippen molar-refractivity contribution in [2.45, 2.75) is 0 Å². The van der Waals surface area contributed by atoms with Crippen LogP contribution in [0.25, 0.3) is 35.7 Å². The van der Waals surface area contributed by atoms with E-state index in [-0.39, 0.29) is 0 Å². The summed E-state index contributed by atoms with van der Waals surface area (Å²) >= 11 is 0. The molecular formula is C46H58N4O8. The maximum Gasteiger partial charge on any atom is 0.0892 e. The quantitative estimate of drug-likeness (QED) is 0.211. The molecule has 2 fully saturated rings. The van der Waals surface area contributed by atoms with Crippen LogP contribution in [0.1, 0.15) is 22.3 Å². The van der Waals surface area contributed by atoms with E-state index in [0.29, 0.717) is 106 Å². The molecule has 4 heterocycles. The lowest BCUT2D eigenvalue weighted by atomic mass is 10.1. The maximum absolute atomic E-state index is 5.81. The molecule has 0 atom stereocenters. The standard InChI is InChI=1S/C46H58N4O8/c1(39-5-9-43(10-6-39)49-17-21-51-25-29-55-33-34-56-30-26-52-22-18-49)3-41-13-15-47-45(37-41)46-38-42(14-16-48-46)4-2-40-7-11-44(12-8-40)50-19-23-53-27-31-57-35-36-58-32-28-54-24-20-50/h1-16,37-38H,17-36H2/b3-1+,4-2+. The van der Waals surface area contributed by atoms with Crippen molar-refractivity contribution in [3.63, 3.8) is 0 Å². The van der Waals surface area contributed by atoms with Crippen molar-refractivity contribution >= 4 is 35.7 Å². The summed E-state index contributed by atoms with van der Waals surface area (Å²) in [4.78, 5) is 13.9. The second-order valence-electron chi connectivity index (χ2n) is 13.7. The van der Waals surface area contributed by atoms with E-state index in [1.165, 1.54) is 0 Å². The minimum absolute atomic E-state index is 0.569. The van der Waals surface area contributed by atoms with Crippen molar-refractivity contribution in [2.75, 3.05) is 142 Å². The monoisotopic (exact) mass is 794 g/mol. The minimum atomic E-state index is 0.569. The fourth-order valence-corrected chi connectivity index (χ4v) is 6.32. The molecule has 310 valence electrons. The molecule has 0 saturated carbocycles. The molecule has 2 aromatic heterocycles. The van der Waals surface area contributed by atoms with Crippen molar-refractivity contribution in [3.8, 4) is 11.4 Å². The summed E-state index contributed by atoms with van der Waals surface area (Å²) in [5.74, 6) is 0. The lowest BCUT2D eigenvalue weighted by Gasteiger charge is -2.25. The molecule has 2 aliphatic heterocycles. The van der Waals surface area contributed by atoms with Gasteiger partial charge in [0.05, 0.1) is 117 Å². The van der Waals surface area contributed by atoms with Crippen LogP contribution in [0.2, 0.25) is 0 Å². The number of nitrogens with zero attached hydrogens (tertiary/aromatic N) is 4. The third kappa shape index (κ3) is 15.7. The van der Waals surface area contributed by atoms with Crippen molar-refractivity contribution < 1.29 is 37.9 Å². The van der Waals surface area contributed by atoms with Gasteiger partial charge in [0.15, 0.2) is 0 Å². The van der Waals surface area contributed by atoms with Crippen LogP contribution in [0, 0.1) is 0 Å². The Morgan fingerprint density at radius 1 is 0.328 bits per heavy atom. The van der Waals surface area contributed by atoms with Gasteiger partial charge in [-0.1, -0.05) is 48.6 Å². The highest BCUT2D eigenvalue weighted by Gasteiger charge is 2.10. The first-order valence-electron chi connectivity index (χ1n) is 20.4. The molecular weight excluding hydrogens is 737 g/mol. The van der Waals surface area contributed by atoms with Crippen LogP contribution in [0.15, 0.2) is 85.2 Å². The van der Waals surface area contributed by atoms with Gasteiger partial charge in [-0.25, -0.2) is 0 Å². The Morgan fingerprint density at radius 2 is 0.603 bits per heavy atom. The zero-order valence-corrected chi connectivity index (χ0v) is 33.6. The van der Waals surface area contributed by atoms with E-state index in [9.17, 15) is 0 Å². The van der Waals surface area contributed by atoms with Crippen LogP contribution in [0.4, 0.5) is 11.4 Å². The Labute approximate surface area is 343 Å². The summed E-state index contributed by atoms with van der Waals surface area (Å²) in [5.41, 5.74) is 8.20. The number of ether oxygens (including phenoxy) is 8. The van der Waals surface area contributed by atoms with Crippen LogP contribution in [0.3, 0.4) is 0 Å². The molecule has 2 aromatic carbocycles. The lowest BCUT2D eigenvalue weighted by Crippen LogP contribution is -2.31. The molecule has 12 heteroatoms. The molecule has 6 rings (SSSR count). The Bertz CT molecular complexity index is 1630. The molecule has 0 radical (unpaired) electrons. The number of anilines is 2. The van der Waals surface area contributed by atoms with Crippen molar-refractivity contribution in [1.29, 1.82) is 0 Å². The Kier molecular flexibility index (Phi) is 19.1. The SMILES string of the molecule is C(=C\c1ccnc(-c2cc(/C=C/c3ccc(N4CCOCCOCCOCCOCC4)cc3)ccn2)c1)/c1ccc(N2CCOCCOCCOCCOCC2)cc1. The molecule has 0 amide bonds. The summed E-state index contributed by atoms with van der Waals surface area (Å²) < 4.78 is 45.4. The molecule has 0 aliphatic carbocycles. The predicted molar refractivity (Wildman–Crippen MR) is 229 cm³/mol. The summed E-state index contributed by atoms with van der Waals surface area (Å²) in [6.07, 6.45) is 12.1. The first-order valence-corrected chi connectivity index (χ1v) is 20.4. The normalized spacial score (nSPS) is 18.6. The zero-order valence-electron chi connectivity index (χ0n) is 33.6. The molecule has 0 spiro atoms. The van der Waals surface area contributed by atoms with Crippen LogP contribution >= 0.6 is 0 Å². The van der Waals surface area contributed by atoms with Crippen LogP contribution < -0.4 is 9.80 Å². The molecule has 2 aliphatic rings. The van der Waals surface area contributed by atoms with Gasteiger partial charge in [0.2, 0.25) is 0 Å². The molecule has 0 N–H and O–H groups in total. The summed E-state index contributed by atoms with van der Waals surface area (Å²) in [6.45, 7) is 12.4. The highest BCUT2D eigenvalue weighted by molar-refractivity contribution is 5.74. The van der Waals surface area contributed by atoms with Crippen LogP contribution in [-0.2, 0) is 37.9 Å². The largest absolute Gasteiger partial charge is 0.377 e. The van der Waals surface area contributed by atoms with E-state index < -0.39 is 0 Å². The van der Waals surface area contributed by atoms with Gasteiger partial charge in [0, 0.05) is 49.9 Å². The fraction of sp³-hybridized carbons (Fsp3) is 0.435. The highest BCUT2D eigenvalue weighted by Crippen LogP contribution is 2.22. The minimum Gasteiger partial charge on any atom is -0.377 e. The predicted octanol–water partition coefficient (Wildman–Crippen LogP) is 6.26. The summed E-state index contributed by atoms with van der Waals surface area (Å²) in [6, 6.07) is 25.3. The number of aromatic nitrogens is 2. The van der Waals surface area contributed by atoms with Gasteiger partial charge in [-0.3, -0.25) is 9.97 Å². The van der Waals surface area contributed by atoms with Crippen LogP contribution in [-0.4, -0.2) is 142 Å². The van der Waals surface area contributed by atoms with Gasteiger partial charge in [0.25, 0.3) is 0 Å². The average molecular weight is 795 g/mol. The Balaban J connectivity index is 1.03. The molecule has 2 saturated heterocycles. The van der Waals surface area contributed by atoms with Gasteiger partial charge in [-0.2, -0.15) is 0 Å². The van der Waals surface area contributed by atoms with E-state index >= 15 is 0 Å². The van der Waals surface area contributed by atoms with E-state index in [1.807, 2.05) is 24.5 Å². The van der Waals surface area contributed by atoms with E-state index in [4.69, 9.17) is 37.9 Å². The van der Waals surface area contributed by atoms with Gasteiger partial charge >= 0.3 is 0 Å². The molecule has 4 aromatic rings. The second-order valence-corrected chi connectivity index (χ2v) is 13.7. The number of hydrogen-bond donors (Lipinski definition) is 0. The second kappa shape index (κ2) is 25.8. The van der Waals surface area contributed by atoms with Crippen molar-refractivity contribution in [3.05, 3.63) is 107 Å². The van der Waals surface area contributed by atoms with E-state index in [1.54, 1.807) is 0 Å². The average Bonchev–Trinajstić information content (AvgIpc) is 3.29. The number of hydrogen-bond acceptors (Lipinski definition) is 12. The Hall–Kier alpha value is -4.50. The van der Waals surface area contributed by atoms with E-state index in [0.717, 1.165) is 71.2 Å². The lowest BCUT2D eigenvalue weighted by molar-refractivity contribution is 0.00206. The number of pyridine rings is 2. The van der Waals surface area contributed by atoms with Crippen LogP contribution in [0.5, 0.6) is 0 Å². The first-order chi connectivity index (χ1) is 28.8. The number of rotatable bonds is 7. The number of benzene rings is 2. The van der Waals surface area contributed by atoms with Gasteiger partial charge < -0.3 is 47.7 Å². The van der Waals surface area contributed by atoms with Gasteiger partial charge in [-0.15, -0.1) is 0 Å². The first kappa shape index (κ1) is 43.1. The van der Waals surface area contributed by atoms with Gasteiger partial charge in [0.1, 0.15) is 0 Å². The fourth-order valence-electron chi connectivity index (χ4n) is 6.32. The summed E-state index contributed by atoms with van der Waals surface area (Å²) in [7, 11) is 0. The molecule has 12 nitrogen and oxygen atoms in total. The van der Waals surface area contributed by atoms with Gasteiger partial charge in [-0.05, 0) is 70.8 Å². The summed E-state index contributed by atoms with van der Waals surface area (Å²) in [5, 5.41) is 0. The van der Waals surface area contributed by atoms with E-state index in [2.05, 4.69) is 105 Å². The molecule has 0 unspecified atom stereocenters. The highest BCUT2D eigenvalue weighted by atomic mass is 16.6. The Morgan fingerprint density at radius 3 is 0.914 bits per heavy atom. The molecule has 0 bridgehead atoms. The maximum atomic E-state index is 5.81. The third-order valence-electron chi connectivity index (χ3n) is 9.54. The molecule has 58 heavy (non-hydrogen) atoms. The third-order valence-corrected chi connectivity index (χ3v) is 9.54. The zero-order chi connectivity index (χ0) is 39.7. The smallest absolute Gasteiger partial charge is 0.0892 e. The topological polar surface area (TPSA) is 106 Å². The van der Waals surface area contributed by atoms with Crippen molar-refractivity contribution in [2.24, 2.45) is 0 Å².